The number of ketones is 1. The van der Waals surface area contributed by atoms with Gasteiger partial charge in [-0.25, -0.2) is 4.98 Å². The largest absolute Gasteiger partial charge is 0.507 e. The summed E-state index contributed by atoms with van der Waals surface area (Å²) in [5, 5.41) is 11.3. The van der Waals surface area contributed by atoms with Gasteiger partial charge in [0.25, 0.3) is 5.78 Å². The van der Waals surface area contributed by atoms with Gasteiger partial charge >= 0.3 is 5.91 Å². The number of ether oxygens (including phenoxy) is 1. The summed E-state index contributed by atoms with van der Waals surface area (Å²) in [4.78, 5) is 31.9. The number of fused-ring (bicyclic) bond motifs is 1. The fourth-order valence-electron chi connectivity index (χ4n) is 4.25. The van der Waals surface area contributed by atoms with Crippen LogP contribution in [0.5, 0.6) is 5.75 Å². The van der Waals surface area contributed by atoms with Crippen molar-refractivity contribution in [1.29, 1.82) is 0 Å². The van der Waals surface area contributed by atoms with Crippen molar-refractivity contribution in [2.45, 2.75) is 25.5 Å². The van der Waals surface area contributed by atoms with Gasteiger partial charge in [-0.2, -0.15) is 0 Å². The number of Topliss-reactive ketones (excluding diaryl/α,β-unsaturated/α-hetero) is 1. The molecule has 3 aromatic rings. The van der Waals surface area contributed by atoms with Gasteiger partial charge in [0.2, 0.25) is 0 Å². The topological polar surface area (TPSA) is 79.7 Å². The van der Waals surface area contributed by atoms with Crippen molar-refractivity contribution >= 4 is 39.2 Å². The van der Waals surface area contributed by atoms with Gasteiger partial charge in [-0.05, 0) is 60.5 Å². The molecule has 2 aliphatic heterocycles. The Kier molecular flexibility index (Phi) is 5.06. The number of halogens is 1. The van der Waals surface area contributed by atoms with Crippen molar-refractivity contribution in [2.24, 2.45) is 0 Å². The molecule has 5 rings (SSSR count). The molecular weight excluding hydrogens is 472 g/mol. The van der Waals surface area contributed by atoms with E-state index in [9.17, 15) is 14.7 Å². The second-order valence-electron chi connectivity index (χ2n) is 7.86. The van der Waals surface area contributed by atoms with Crippen molar-refractivity contribution in [3.8, 4) is 5.75 Å². The highest BCUT2D eigenvalue weighted by atomic mass is 79.9. The molecule has 0 bridgehead atoms. The second kappa shape index (κ2) is 7.91. The number of benzene rings is 2. The van der Waals surface area contributed by atoms with Crippen LogP contribution in [0.4, 0.5) is 5.82 Å². The SMILES string of the molecule is CC1Cc2cc(/C(O)=C3\C(=O)C(=O)N(c4ccccn4)C3c3ccc(Br)cc3)ccc2O1. The molecule has 2 atom stereocenters. The summed E-state index contributed by atoms with van der Waals surface area (Å²) >= 11 is 3.42. The number of nitrogens with zero attached hydrogens (tertiary/aromatic N) is 2. The molecule has 2 aliphatic rings. The minimum Gasteiger partial charge on any atom is -0.507 e. The first kappa shape index (κ1) is 20.5. The lowest BCUT2D eigenvalue weighted by Gasteiger charge is -2.24. The van der Waals surface area contributed by atoms with Gasteiger partial charge in [0.15, 0.2) is 0 Å². The zero-order chi connectivity index (χ0) is 22.4. The van der Waals surface area contributed by atoms with E-state index in [-0.39, 0.29) is 17.4 Å². The Balaban J connectivity index is 1.69. The molecule has 0 spiro atoms. The highest BCUT2D eigenvalue weighted by Gasteiger charge is 2.47. The van der Waals surface area contributed by atoms with Crippen LogP contribution in [0, 0.1) is 0 Å². The van der Waals surface area contributed by atoms with Crippen molar-refractivity contribution in [3.05, 3.63) is 93.6 Å². The number of aliphatic hydroxyl groups excluding tert-OH is 1. The Hall–Kier alpha value is -3.45. The molecule has 1 amide bonds. The number of hydrogen-bond acceptors (Lipinski definition) is 5. The lowest BCUT2D eigenvalue weighted by Crippen LogP contribution is -2.30. The van der Waals surface area contributed by atoms with Crippen LogP contribution in [0.2, 0.25) is 0 Å². The molecule has 3 heterocycles. The van der Waals surface area contributed by atoms with Crippen LogP contribution in [0.25, 0.3) is 5.76 Å². The summed E-state index contributed by atoms with van der Waals surface area (Å²) < 4.78 is 6.61. The Morgan fingerprint density at radius 3 is 2.62 bits per heavy atom. The summed E-state index contributed by atoms with van der Waals surface area (Å²) in [7, 11) is 0. The van der Waals surface area contributed by atoms with Gasteiger partial charge in [0, 0.05) is 22.7 Å². The predicted molar refractivity (Wildman–Crippen MR) is 123 cm³/mol. The highest BCUT2D eigenvalue weighted by molar-refractivity contribution is 9.10. The molecule has 1 fully saturated rings. The lowest BCUT2D eigenvalue weighted by molar-refractivity contribution is -0.132. The molecule has 7 heteroatoms. The van der Waals surface area contributed by atoms with Crippen LogP contribution in [-0.2, 0) is 16.0 Å². The zero-order valence-electron chi connectivity index (χ0n) is 17.2. The third-order valence-corrected chi connectivity index (χ3v) is 6.22. The van der Waals surface area contributed by atoms with E-state index in [1.165, 1.54) is 4.90 Å². The van der Waals surface area contributed by atoms with Crippen LogP contribution < -0.4 is 9.64 Å². The van der Waals surface area contributed by atoms with E-state index < -0.39 is 17.7 Å². The van der Waals surface area contributed by atoms with Crippen LogP contribution >= 0.6 is 15.9 Å². The van der Waals surface area contributed by atoms with Crippen molar-refractivity contribution < 1.29 is 19.4 Å². The third kappa shape index (κ3) is 3.39. The highest BCUT2D eigenvalue weighted by Crippen LogP contribution is 2.42. The standard InChI is InChI=1S/C25H19BrN2O4/c1-14-12-17-13-16(7-10-19(17)32-14)23(29)21-22(15-5-8-18(26)9-6-15)28(25(31)24(21)30)20-4-2-3-11-27-20/h2-11,13-14,22,29H,12H2,1H3/b23-21+. The third-order valence-electron chi connectivity index (χ3n) is 5.70. The Morgan fingerprint density at radius 2 is 1.91 bits per heavy atom. The molecular formula is C25H19BrN2O4. The molecule has 2 unspecified atom stereocenters. The Morgan fingerprint density at radius 1 is 1.12 bits per heavy atom. The minimum absolute atomic E-state index is 0.0369. The number of rotatable bonds is 3. The van der Waals surface area contributed by atoms with E-state index in [0.29, 0.717) is 16.9 Å². The fraction of sp³-hybridized carbons (Fsp3) is 0.160. The fourth-order valence-corrected chi connectivity index (χ4v) is 4.51. The van der Waals surface area contributed by atoms with E-state index in [1.807, 2.05) is 37.3 Å². The number of carbonyl (C=O) groups excluding carboxylic acids is 2. The molecule has 6 nitrogen and oxygen atoms in total. The number of amides is 1. The molecule has 1 saturated heterocycles. The average molecular weight is 491 g/mol. The molecule has 0 aliphatic carbocycles. The maximum Gasteiger partial charge on any atom is 0.301 e. The van der Waals surface area contributed by atoms with Crippen molar-refractivity contribution in [1.82, 2.24) is 4.98 Å². The van der Waals surface area contributed by atoms with Gasteiger partial charge in [-0.1, -0.05) is 34.1 Å². The van der Waals surface area contributed by atoms with E-state index in [2.05, 4.69) is 20.9 Å². The summed E-state index contributed by atoms with van der Waals surface area (Å²) in [5.74, 6) is -0.565. The molecule has 32 heavy (non-hydrogen) atoms. The second-order valence-corrected chi connectivity index (χ2v) is 8.78. The smallest absolute Gasteiger partial charge is 0.301 e. The first-order chi connectivity index (χ1) is 15.4. The van der Waals surface area contributed by atoms with Gasteiger partial charge in [-0.15, -0.1) is 0 Å². The summed E-state index contributed by atoms with van der Waals surface area (Å²) in [6.07, 6.45) is 2.34. The van der Waals surface area contributed by atoms with Gasteiger partial charge in [0.1, 0.15) is 23.4 Å². The number of hydrogen-bond donors (Lipinski definition) is 1. The molecule has 0 radical (unpaired) electrons. The first-order valence-corrected chi connectivity index (χ1v) is 11.0. The Bertz CT molecular complexity index is 1250. The van der Waals surface area contributed by atoms with E-state index in [0.717, 1.165) is 22.2 Å². The number of anilines is 1. The van der Waals surface area contributed by atoms with E-state index in [4.69, 9.17) is 4.74 Å². The van der Waals surface area contributed by atoms with Crippen LogP contribution in [-0.4, -0.2) is 27.9 Å². The van der Waals surface area contributed by atoms with E-state index in [1.54, 1.807) is 36.5 Å². The quantitative estimate of drug-likeness (QED) is 0.324. The number of aromatic nitrogens is 1. The van der Waals surface area contributed by atoms with Crippen LogP contribution in [0.15, 0.2) is 76.9 Å². The summed E-state index contributed by atoms with van der Waals surface area (Å²) in [6, 6.07) is 17.0. The van der Waals surface area contributed by atoms with Crippen molar-refractivity contribution in [3.63, 3.8) is 0 Å². The van der Waals surface area contributed by atoms with Gasteiger partial charge in [0.05, 0.1) is 11.6 Å². The van der Waals surface area contributed by atoms with Crippen LogP contribution in [0.3, 0.4) is 0 Å². The molecule has 2 aromatic carbocycles. The molecule has 0 saturated carbocycles. The normalized spacial score (nSPS) is 21.5. The maximum atomic E-state index is 13.2. The summed E-state index contributed by atoms with van der Waals surface area (Å²) in [5.41, 5.74) is 2.16. The number of aliphatic hydroxyl groups is 1. The average Bonchev–Trinajstić information content (AvgIpc) is 3.30. The van der Waals surface area contributed by atoms with Crippen LogP contribution in [0.1, 0.15) is 29.7 Å². The number of carbonyl (C=O) groups is 2. The first-order valence-electron chi connectivity index (χ1n) is 10.2. The maximum absolute atomic E-state index is 13.2. The molecule has 1 N–H and O–H groups in total. The van der Waals surface area contributed by atoms with Gasteiger partial charge in [-0.3, -0.25) is 14.5 Å². The van der Waals surface area contributed by atoms with Crippen molar-refractivity contribution in [2.75, 3.05) is 4.90 Å². The number of pyridine rings is 1. The monoisotopic (exact) mass is 490 g/mol. The predicted octanol–water partition coefficient (Wildman–Crippen LogP) is 4.79. The minimum atomic E-state index is -0.804. The zero-order valence-corrected chi connectivity index (χ0v) is 18.7. The molecule has 160 valence electrons. The molecule has 1 aromatic heterocycles. The Labute approximate surface area is 193 Å². The van der Waals surface area contributed by atoms with E-state index >= 15 is 0 Å². The lowest BCUT2D eigenvalue weighted by atomic mass is 9.94. The van der Waals surface area contributed by atoms with Gasteiger partial charge < -0.3 is 9.84 Å². The summed E-state index contributed by atoms with van der Waals surface area (Å²) in [6.45, 7) is 1.98.